The fourth-order valence-electron chi connectivity index (χ4n) is 3.80. The van der Waals surface area contributed by atoms with Crippen molar-refractivity contribution >= 4 is 15.9 Å². The zero-order valence-electron chi connectivity index (χ0n) is 15.6. The molecule has 2 aliphatic heterocycles. The van der Waals surface area contributed by atoms with Crippen molar-refractivity contribution in [1.82, 2.24) is 20.1 Å². The highest BCUT2D eigenvalue weighted by molar-refractivity contribution is 7.89. The van der Waals surface area contributed by atoms with Crippen molar-refractivity contribution in [1.29, 1.82) is 5.26 Å². The Kier molecular flexibility index (Phi) is 5.81. The summed E-state index contributed by atoms with van der Waals surface area (Å²) in [5.74, 6) is -0.169. The molecule has 2 saturated heterocycles. The van der Waals surface area contributed by atoms with Gasteiger partial charge in [0.25, 0.3) is 5.91 Å². The molecule has 1 aromatic rings. The molecule has 3 rings (SSSR count). The van der Waals surface area contributed by atoms with Crippen molar-refractivity contribution in [2.75, 3.05) is 26.2 Å². The zero-order valence-corrected chi connectivity index (χ0v) is 16.4. The molecule has 2 heterocycles. The number of hydrogen-bond acceptors (Lipinski definition) is 6. The molecular formula is C18H25N5O3S. The van der Waals surface area contributed by atoms with Crippen LogP contribution in [-0.2, 0) is 10.0 Å². The number of nitrogens with zero attached hydrogens (tertiary/aromatic N) is 3. The van der Waals surface area contributed by atoms with E-state index in [1.54, 1.807) is 29.2 Å². The second-order valence-electron chi connectivity index (χ2n) is 7.11. The summed E-state index contributed by atoms with van der Waals surface area (Å²) in [7, 11) is -3.48. The second kappa shape index (κ2) is 7.94. The smallest absolute Gasteiger partial charge is 0.253 e. The van der Waals surface area contributed by atoms with Gasteiger partial charge in [-0.05, 0) is 38.5 Å². The van der Waals surface area contributed by atoms with E-state index in [1.807, 2.05) is 19.9 Å². The average molecular weight is 391 g/mol. The van der Waals surface area contributed by atoms with Gasteiger partial charge in [0.2, 0.25) is 10.0 Å². The highest BCUT2D eigenvalue weighted by Crippen LogP contribution is 2.21. The lowest BCUT2D eigenvalue weighted by atomic mass is 10.1. The lowest BCUT2D eigenvalue weighted by molar-refractivity contribution is 0.0764. The Bertz CT molecular complexity index is 841. The molecule has 1 amide bonds. The summed E-state index contributed by atoms with van der Waals surface area (Å²) in [5, 5.41) is 8.48. The van der Waals surface area contributed by atoms with Gasteiger partial charge in [0.1, 0.15) is 5.25 Å². The highest BCUT2D eigenvalue weighted by Gasteiger charge is 2.43. The fourth-order valence-corrected chi connectivity index (χ4v) is 6.04. The number of hydrogen-bond donors (Lipinski definition) is 2. The van der Waals surface area contributed by atoms with Gasteiger partial charge in [0, 0.05) is 43.8 Å². The Morgan fingerprint density at radius 2 is 1.85 bits per heavy atom. The predicted molar refractivity (Wildman–Crippen MR) is 101 cm³/mol. The Morgan fingerprint density at radius 1 is 1.15 bits per heavy atom. The first kappa shape index (κ1) is 19.8. The number of nitriles is 1. The lowest BCUT2D eigenvalue weighted by Crippen LogP contribution is -2.48. The van der Waals surface area contributed by atoms with Gasteiger partial charge in [-0.2, -0.15) is 9.57 Å². The molecule has 2 fully saturated rings. The summed E-state index contributed by atoms with van der Waals surface area (Å²) in [6.07, 6.45) is 0.583. The molecule has 0 spiro atoms. The topological polar surface area (TPSA) is 106 Å². The van der Waals surface area contributed by atoms with Gasteiger partial charge in [-0.1, -0.05) is 6.07 Å². The SMILES string of the molecule is CC1NNC(C)C1S(=O)(=O)N1CCCN(C(=O)c2cccc(C#N)c2)CC1. The normalized spacial score (nSPS) is 27.1. The van der Waals surface area contributed by atoms with Crippen molar-refractivity contribution in [3.8, 4) is 6.07 Å². The minimum absolute atomic E-state index is 0.169. The maximum atomic E-state index is 13.1. The number of nitrogens with one attached hydrogen (secondary N) is 2. The minimum Gasteiger partial charge on any atom is -0.337 e. The van der Waals surface area contributed by atoms with Crippen molar-refractivity contribution in [2.45, 2.75) is 37.6 Å². The van der Waals surface area contributed by atoms with Crippen molar-refractivity contribution in [3.05, 3.63) is 35.4 Å². The van der Waals surface area contributed by atoms with E-state index in [-0.39, 0.29) is 24.5 Å². The highest BCUT2D eigenvalue weighted by atomic mass is 32.2. The molecule has 146 valence electrons. The van der Waals surface area contributed by atoms with Crippen LogP contribution in [0.25, 0.3) is 0 Å². The number of benzene rings is 1. The zero-order chi connectivity index (χ0) is 19.6. The van der Waals surface area contributed by atoms with E-state index >= 15 is 0 Å². The third kappa shape index (κ3) is 3.99. The molecule has 27 heavy (non-hydrogen) atoms. The van der Waals surface area contributed by atoms with Gasteiger partial charge in [-0.15, -0.1) is 0 Å². The van der Waals surface area contributed by atoms with Crippen LogP contribution in [0.4, 0.5) is 0 Å². The van der Waals surface area contributed by atoms with Crippen LogP contribution < -0.4 is 10.9 Å². The van der Waals surface area contributed by atoms with Crippen molar-refractivity contribution in [3.63, 3.8) is 0 Å². The Labute approximate surface area is 160 Å². The van der Waals surface area contributed by atoms with E-state index in [2.05, 4.69) is 10.9 Å². The minimum atomic E-state index is -3.48. The van der Waals surface area contributed by atoms with Gasteiger partial charge >= 0.3 is 0 Å². The molecule has 2 N–H and O–H groups in total. The van der Waals surface area contributed by atoms with Crippen molar-refractivity contribution in [2.24, 2.45) is 0 Å². The van der Waals surface area contributed by atoms with Crippen LogP contribution in [0, 0.1) is 11.3 Å². The number of carbonyl (C=O) groups excluding carboxylic acids is 1. The first-order valence-corrected chi connectivity index (χ1v) is 10.6. The summed E-state index contributed by atoms with van der Waals surface area (Å²) in [5.41, 5.74) is 6.88. The first-order valence-electron chi connectivity index (χ1n) is 9.14. The molecule has 0 aliphatic carbocycles. The van der Waals surface area contributed by atoms with E-state index in [9.17, 15) is 13.2 Å². The lowest BCUT2D eigenvalue weighted by Gasteiger charge is -2.27. The summed E-state index contributed by atoms with van der Waals surface area (Å²) < 4.78 is 27.7. The molecule has 9 heteroatoms. The number of sulfonamides is 1. The monoisotopic (exact) mass is 391 g/mol. The molecule has 2 atom stereocenters. The molecule has 8 nitrogen and oxygen atoms in total. The van der Waals surface area contributed by atoms with E-state index < -0.39 is 15.3 Å². The third-order valence-corrected chi connectivity index (χ3v) is 7.80. The number of hydrazine groups is 1. The standard InChI is InChI=1S/C18H25N5O3S/c1-13-17(14(2)21-20-13)27(25,26)23-8-4-7-22(9-10-23)18(24)16-6-3-5-15(11-16)12-19/h3,5-6,11,13-14,17,20-21H,4,7-10H2,1-2H3. The molecule has 0 aromatic heterocycles. The van der Waals surface area contributed by atoms with Crippen LogP contribution in [0.15, 0.2) is 24.3 Å². The molecule has 0 saturated carbocycles. The number of carbonyl (C=O) groups is 1. The number of rotatable bonds is 3. The van der Waals surface area contributed by atoms with Gasteiger partial charge in [-0.25, -0.2) is 8.42 Å². The molecule has 0 radical (unpaired) electrons. The Balaban J connectivity index is 1.72. The second-order valence-corrected chi connectivity index (χ2v) is 9.20. The summed E-state index contributed by atoms with van der Waals surface area (Å²) >= 11 is 0. The summed E-state index contributed by atoms with van der Waals surface area (Å²) in [6, 6.07) is 8.26. The first-order chi connectivity index (χ1) is 12.8. The van der Waals surface area contributed by atoms with E-state index in [0.717, 1.165) is 0 Å². The molecule has 0 bridgehead atoms. The molecule has 1 aromatic carbocycles. The maximum absolute atomic E-state index is 13.1. The van der Waals surface area contributed by atoms with Crippen molar-refractivity contribution < 1.29 is 13.2 Å². The van der Waals surface area contributed by atoms with Gasteiger partial charge in [-0.3, -0.25) is 15.6 Å². The van der Waals surface area contributed by atoms with E-state index in [4.69, 9.17) is 5.26 Å². The van der Waals surface area contributed by atoms with E-state index in [1.165, 1.54) is 4.31 Å². The quantitative estimate of drug-likeness (QED) is 0.767. The predicted octanol–water partition coefficient (Wildman–Crippen LogP) is 0.289. The van der Waals surface area contributed by atoms with Gasteiger partial charge in [0.05, 0.1) is 11.6 Å². The van der Waals surface area contributed by atoms with Gasteiger partial charge in [0.15, 0.2) is 0 Å². The van der Waals surface area contributed by atoms with Gasteiger partial charge < -0.3 is 4.90 Å². The van der Waals surface area contributed by atoms with Crippen LogP contribution in [0.2, 0.25) is 0 Å². The Morgan fingerprint density at radius 3 is 2.52 bits per heavy atom. The van der Waals surface area contributed by atoms with Crippen LogP contribution in [-0.4, -0.2) is 67.0 Å². The Hall–Kier alpha value is -1.99. The summed E-state index contributed by atoms with van der Waals surface area (Å²) in [6.45, 7) is 5.23. The largest absolute Gasteiger partial charge is 0.337 e. The van der Waals surface area contributed by atoms with Crippen LogP contribution in [0.5, 0.6) is 0 Å². The maximum Gasteiger partial charge on any atom is 0.253 e. The molecule has 2 unspecified atom stereocenters. The number of amides is 1. The third-order valence-electron chi connectivity index (χ3n) is 5.21. The van der Waals surface area contributed by atoms with E-state index in [0.29, 0.717) is 37.2 Å². The van der Waals surface area contributed by atoms with Crippen LogP contribution >= 0.6 is 0 Å². The average Bonchev–Trinajstić information content (AvgIpc) is 2.87. The van der Waals surface area contributed by atoms with Crippen LogP contribution in [0.1, 0.15) is 36.2 Å². The summed E-state index contributed by atoms with van der Waals surface area (Å²) in [4.78, 5) is 14.4. The fraction of sp³-hybridized carbons (Fsp3) is 0.556. The molecule has 2 aliphatic rings. The molecular weight excluding hydrogens is 366 g/mol. The van der Waals surface area contributed by atoms with Crippen LogP contribution in [0.3, 0.4) is 0 Å².